The van der Waals surface area contributed by atoms with Crippen molar-refractivity contribution in [2.75, 3.05) is 13.1 Å². The van der Waals surface area contributed by atoms with Crippen molar-refractivity contribution in [1.29, 1.82) is 10.5 Å². The number of para-hydroxylation sites is 1. The molecule has 14 heteroatoms. The minimum absolute atomic E-state index is 0.184. The van der Waals surface area contributed by atoms with Crippen molar-refractivity contribution >= 4 is 12.2 Å². The number of halogens is 6. The van der Waals surface area contributed by atoms with Crippen LogP contribution in [0.2, 0.25) is 0 Å². The van der Waals surface area contributed by atoms with Crippen LogP contribution >= 0.6 is 0 Å². The van der Waals surface area contributed by atoms with Gasteiger partial charge in [0, 0.05) is 0 Å². The molecule has 2 atom stereocenters. The molecule has 188 valence electrons. The van der Waals surface area contributed by atoms with Gasteiger partial charge in [-0.05, 0) is 30.3 Å². The molecule has 0 aliphatic carbocycles. The molecule has 2 fully saturated rings. The molecule has 0 spiro atoms. The van der Waals surface area contributed by atoms with E-state index >= 15 is 0 Å². The molecule has 2 saturated heterocycles. The summed E-state index contributed by atoms with van der Waals surface area (Å²) in [6, 6.07) is 10.9. The molecule has 0 N–H and O–H groups in total. The summed E-state index contributed by atoms with van der Waals surface area (Å²) in [5.41, 5.74) is -1.91. The molecule has 2 aromatic rings. The molecule has 2 aromatic carbocycles. The highest BCUT2D eigenvalue weighted by Crippen LogP contribution is 2.36. The van der Waals surface area contributed by atoms with E-state index in [4.69, 9.17) is 15.3 Å². The molecule has 0 radical (unpaired) electrons. The fourth-order valence-corrected chi connectivity index (χ4v) is 2.74. The molecule has 0 saturated carbocycles. The molecular formula is C22H14F6N4O4. The lowest BCUT2D eigenvalue weighted by atomic mass is 10.2. The van der Waals surface area contributed by atoms with Gasteiger partial charge in [-0.3, -0.25) is 9.80 Å². The van der Waals surface area contributed by atoms with Gasteiger partial charge in [-0.25, -0.2) is 9.59 Å². The van der Waals surface area contributed by atoms with Crippen molar-refractivity contribution in [2.24, 2.45) is 0 Å². The predicted octanol–water partition coefficient (Wildman–Crippen LogP) is 4.82. The monoisotopic (exact) mass is 512 g/mol. The normalized spacial score (nSPS) is 18.1. The number of ether oxygens (including phenoxy) is 2. The van der Waals surface area contributed by atoms with E-state index in [-0.39, 0.29) is 18.8 Å². The van der Waals surface area contributed by atoms with Gasteiger partial charge in [0.2, 0.25) is 0 Å². The zero-order chi connectivity index (χ0) is 26.7. The summed E-state index contributed by atoms with van der Waals surface area (Å²) in [6.45, 7) is 0.428. The number of carbonyl (C=O) groups is 2. The van der Waals surface area contributed by atoms with Crippen LogP contribution in [0.15, 0.2) is 48.5 Å². The van der Waals surface area contributed by atoms with Crippen LogP contribution in [0, 0.1) is 22.7 Å². The van der Waals surface area contributed by atoms with Gasteiger partial charge in [-0.15, -0.1) is 0 Å². The Kier molecular flexibility index (Phi) is 7.29. The van der Waals surface area contributed by atoms with E-state index in [1.807, 2.05) is 6.07 Å². The van der Waals surface area contributed by atoms with Gasteiger partial charge in [0.15, 0.2) is 0 Å². The molecule has 2 heterocycles. The minimum atomic E-state index is -4.59. The van der Waals surface area contributed by atoms with E-state index in [1.165, 1.54) is 18.2 Å². The lowest BCUT2D eigenvalue weighted by molar-refractivity contribution is -0.139. The van der Waals surface area contributed by atoms with Crippen molar-refractivity contribution in [2.45, 2.75) is 24.4 Å². The van der Waals surface area contributed by atoms with E-state index in [2.05, 4.69) is 4.74 Å². The number of nitriles is 2. The molecule has 2 amide bonds. The van der Waals surface area contributed by atoms with Crippen LogP contribution in [0.1, 0.15) is 11.1 Å². The van der Waals surface area contributed by atoms with Crippen molar-refractivity contribution in [3.8, 4) is 23.6 Å². The van der Waals surface area contributed by atoms with Gasteiger partial charge in [0.05, 0.1) is 36.4 Å². The van der Waals surface area contributed by atoms with Crippen LogP contribution in [-0.4, -0.2) is 47.2 Å². The Morgan fingerprint density at radius 3 is 1.86 bits per heavy atom. The maximum absolute atomic E-state index is 12.6. The fraction of sp³-hybridized carbons (Fsp3) is 0.273. The molecule has 2 aliphatic rings. The Morgan fingerprint density at radius 2 is 1.36 bits per heavy atom. The number of benzene rings is 2. The van der Waals surface area contributed by atoms with E-state index in [1.54, 1.807) is 6.07 Å². The Balaban J connectivity index is 0.000000201. The topological polar surface area (TPSA) is 106 Å². The molecule has 36 heavy (non-hydrogen) atoms. The molecule has 2 unspecified atom stereocenters. The summed E-state index contributed by atoms with van der Waals surface area (Å²) < 4.78 is 84.4. The lowest BCUT2D eigenvalue weighted by Crippen LogP contribution is -2.20. The standard InChI is InChI=1S/2C11H7F3N2O2/c12-11(13,14)7-2-1-3-9(4-7)18-10(17)16-6-8(16)5-15;12-11(13,14)8-3-1-2-4-9(8)18-10(17)16-6-7(16)5-15/h1-4,8H,6H2;1-4,7H,6H2. The van der Waals surface area contributed by atoms with E-state index < -0.39 is 53.5 Å². The second kappa shape index (κ2) is 10.0. The van der Waals surface area contributed by atoms with Crippen molar-refractivity contribution in [3.63, 3.8) is 0 Å². The summed E-state index contributed by atoms with van der Waals surface area (Å²) >= 11 is 0. The van der Waals surface area contributed by atoms with Crippen LogP contribution < -0.4 is 9.47 Å². The minimum Gasteiger partial charge on any atom is -0.410 e. The number of carbonyl (C=O) groups excluding carboxylic acids is 2. The smallest absolute Gasteiger partial charge is 0.410 e. The van der Waals surface area contributed by atoms with Crippen LogP contribution in [0.3, 0.4) is 0 Å². The summed E-state index contributed by atoms with van der Waals surface area (Å²) in [6.07, 6.45) is -10.8. The third-order valence-electron chi connectivity index (χ3n) is 4.75. The van der Waals surface area contributed by atoms with E-state index in [9.17, 15) is 35.9 Å². The molecule has 4 rings (SSSR count). The van der Waals surface area contributed by atoms with Crippen LogP contribution in [0.5, 0.6) is 11.5 Å². The molecule has 0 bridgehead atoms. The first-order valence-corrected chi connectivity index (χ1v) is 9.94. The molecule has 0 aromatic heterocycles. The van der Waals surface area contributed by atoms with E-state index in [0.29, 0.717) is 0 Å². The molecular weight excluding hydrogens is 498 g/mol. The third kappa shape index (κ3) is 6.56. The molecule has 2 aliphatic heterocycles. The Hall–Kier alpha value is -4.46. The number of hydrogen-bond acceptors (Lipinski definition) is 6. The SMILES string of the molecule is N#CC1CN1C(=O)Oc1cccc(C(F)(F)F)c1.N#CC1CN1C(=O)Oc1ccccc1C(F)(F)F. The van der Waals surface area contributed by atoms with Gasteiger partial charge in [0.1, 0.15) is 23.6 Å². The average molecular weight is 512 g/mol. The van der Waals surface area contributed by atoms with Gasteiger partial charge in [0.25, 0.3) is 0 Å². The predicted molar refractivity (Wildman–Crippen MR) is 107 cm³/mol. The highest BCUT2D eigenvalue weighted by Gasteiger charge is 2.42. The highest BCUT2D eigenvalue weighted by molar-refractivity contribution is 5.75. The highest BCUT2D eigenvalue weighted by atomic mass is 19.4. The Labute approximate surface area is 199 Å². The average Bonchev–Trinajstić information content (AvgIpc) is 3.73. The zero-order valence-corrected chi connectivity index (χ0v) is 17.9. The van der Waals surface area contributed by atoms with Crippen LogP contribution in [0.25, 0.3) is 0 Å². The summed E-state index contributed by atoms with van der Waals surface area (Å²) in [5.74, 6) is -0.753. The quantitative estimate of drug-likeness (QED) is 0.422. The summed E-state index contributed by atoms with van der Waals surface area (Å²) in [4.78, 5) is 24.9. The van der Waals surface area contributed by atoms with Gasteiger partial charge in [-0.2, -0.15) is 36.9 Å². The van der Waals surface area contributed by atoms with Gasteiger partial charge < -0.3 is 9.47 Å². The van der Waals surface area contributed by atoms with Crippen molar-refractivity contribution < 1.29 is 45.4 Å². The van der Waals surface area contributed by atoms with Crippen LogP contribution in [0.4, 0.5) is 35.9 Å². The molecule has 8 nitrogen and oxygen atoms in total. The maximum Gasteiger partial charge on any atom is 0.419 e. The summed E-state index contributed by atoms with van der Waals surface area (Å²) in [7, 11) is 0. The fourth-order valence-electron chi connectivity index (χ4n) is 2.74. The first-order valence-electron chi connectivity index (χ1n) is 9.94. The van der Waals surface area contributed by atoms with Gasteiger partial charge >= 0.3 is 24.5 Å². The lowest BCUT2D eigenvalue weighted by Gasteiger charge is -2.12. The third-order valence-corrected chi connectivity index (χ3v) is 4.75. The Morgan fingerprint density at radius 1 is 0.806 bits per heavy atom. The second-order valence-electron chi connectivity index (χ2n) is 7.35. The largest absolute Gasteiger partial charge is 0.419 e. The Bertz CT molecular complexity index is 1230. The van der Waals surface area contributed by atoms with Crippen molar-refractivity contribution in [1.82, 2.24) is 9.80 Å². The first kappa shape index (κ1) is 26.2. The number of nitrogens with zero attached hydrogens (tertiary/aromatic N) is 4. The van der Waals surface area contributed by atoms with Crippen molar-refractivity contribution in [3.05, 3.63) is 59.7 Å². The zero-order valence-electron chi connectivity index (χ0n) is 17.9. The number of amides is 2. The maximum atomic E-state index is 12.6. The number of alkyl halides is 6. The first-order chi connectivity index (χ1) is 16.8. The van der Waals surface area contributed by atoms with E-state index in [0.717, 1.165) is 40.1 Å². The number of hydrogen-bond donors (Lipinski definition) is 0. The van der Waals surface area contributed by atoms with Gasteiger partial charge in [-0.1, -0.05) is 18.2 Å². The second-order valence-corrected chi connectivity index (χ2v) is 7.35. The summed E-state index contributed by atoms with van der Waals surface area (Å²) in [5, 5.41) is 17.0. The van der Waals surface area contributed by atoms with Crippen LogP contribution in [-0.2, 0) is 12.4 Å². The number of rotatable bonds is 2.